The maximum atomic E-state index is 13.2. The summed E-state index contributed by atoms with van der Waals surface area (Å²) in [5, 5.41) is 2.59. The molecule has 30 heavy (non-hydrogen) atoms. The number of rotatable bonds is 9. The van der Waals surface area contributed by atoms with E-state index < -0.39 is 17.9 Å². The molecular formula is C23H26FNO4S. The summed E-state index contributed by atoms with van der Waals surface area (Å²) in [6.07, 6.45) is 0. The molecule has 2 aromatic rings. The van der Waals surface area contributed by atoms with Crippen LogP contribution in [0.15, 0.2) is 54.6 Å². The highest BCUT2D eigenvalue weighted by Gasteiger charge is 2.29. The monoisotopic (exact) mass is 431 g/mol. The molecule has 3 atom stereocenters. The summed E-state index contributed by atoms with van der Waals surface area (Å²) < 4.78 is 18.5. The largest absolute Gasteiger partial charge is 0.459 e. The number of thioether (sulfide) groups is 1. The van der Waals surface area contributed by atoms with E-state index in [1.807, 2.05) is 37.3 Å². The Morgan fingerprint density at radius 3 is 2.27 bits per heavy atom. The second kappa shape index (κ2) is 11.5. The van der Waals surface area contributed by atoms with Gasteiger partial charge < -0.3 is 10.1 Å². The number of halogens is 1. The molecule has 160 valence electrons. The van der Waals surface area contributed by atoms with E-state index in [1.165, 1.54) is 19.1 Å². The minimum absolute atomic E-state index is 0.102. The predicted octanol–water partition coefficient (Wildman–Crippen LogP) is 4.07. The van der Waals surface area contributed by atoms with Gasteiger partial charge in [-0.1, -0.05) is 61.2 Å². The van der Waals surface area contributed by atoms with Crippen molar-refractivity contribution in [3.8, 4) is 0 Å². The lowest BCUT2D eigenvalue weighted by atomic mass is 9.88. The van der Waals surface area contributed by atoms with Crippen LogP contribution in [0.3, 0.4) is 0 Å². The Hall–Kier alpha value is -2.67. The summed E-state index contributed by atoms with van der Waals surface area (Å²) in [7, 11) is 0. The fourth-order valence-electron chi connectivity index (χ4n) is 2.89. The molecular weight excluding hydrogens is 405 g/mol. The summed E-state index contributed by atoms with van der Waals surface area (Å²) in [5.74, 6) is -1.85. The normalized spacial score (nSPS) is 13.7. The molecule has 0 aromatic heterocycles. The number of carbonyl (C=O) groups excluding carboxylic acids is 3. The minimum atomic E-state index is -0.841. The Kier molecular flexibility index (Phi) is 9.05. The zero-order valence-electron chi connectivity index (χ0n) is 17.3. The first kappa shape index (κ1) is 23.6. The van der Waals surface area contributed by atoms with Crippen LogP contribution in [-0.2, 0) is 25.7 Å². The van der Waals surface area contributed by atoms with Gasteiger partial charge in [-0.25, -0.2) is 9.18 Å². The van der Waals surface area contributed by atoms with E-state index in [1.54, 1.807) is 19.1 Å². The maximum Gasteiger partial charge on any atom is 0.328 e. The van der Waals surface area contributed by atoms with Crippen molar-refractivity contribution in [2.45, 2.75) is 39.3 Å². The Bertz CT molecular complexity index is 857. The Labute approximate surface area is 180 Å². The number of esters is 1. The maximum absolute atomic E-state index is 13.2. The SMILES string of the molecule is CC(=O)SCC(C(=O)NC(C)C(=O)OCc1ccccc1)C(C)c1ccc(F)cc1. The van der Waals surface area contributed by atoms with Crippen molar-refractivity contribution in [1.82, 2.24) is 5.32 Å². The summed E-state index contributed by atoms with van der Waals surface area (Å²) in [5.41, 5.74) is 1.63. The van der Waals surface area contributed by atoms with Gasteiger partial charge in [0.05, 0.1) is 5.92 Å². The zero-order valence-corrected chi connectivity index (χ0v) is 18.1. The number of ether oxygens (including phenoxy) is 1. The third-order valence-corrected chi connectivity index (χ3v) is 5.67. The molecule has 1 amide bonds. The van der Waals surface area contributed by atoms with Gasteiger partial charge >= 0.3 is 5.97 Å². The highest BCUT2D eigenvalue weighted by atomic mass is 32.2. The van der Waals surface area contributed by atoms with E-state index in [0.29, 0.717) is 0 Å². The first-order valence-corrected chi connectivity index (χ1v) is 10.7. The van der Waals surface area contributed by atoms with Gasteiger partial charge in [-0.05, 0) is 36.1 Å². The van der Waals surface area contributed by atoms with Gasteiger partial charge in [0.1, 0.15) is 18.5 Å². The van der Waals surface area contributed by atoms with Crippen LogP contribution in [0.5, 0.6) is 0 Å². The van der Waals surface area contributed by atoms with Gasteiger partial charge in [-0.3, -0.25) is 9.59 Å². The standard InChI is InChI=1S/C23H26FNO4S/c1-15(19-9-11-20(24)12-10-19)21(14-30-17(3)26)22(27)25-16(2)23(28)29-13-18-7-5-4-6-8-18/h4-12,15-16,21H,13-14H2,1-3H3,(H,25,27). The Balaban J connectivity index is 2.02. The smallest absolute Gasteiger partial charge is 0.328 e. The molecule has 0 bridgehead atoms. The van der Waals surface area contributed by atoms with E-state index in [4.69, 9.17) is 4.74 Å². The molecule has 0 spiro atoms. The molecule has 5 nitrogen and oxygen atoms in total. The lowest BCUT2D eigenvalue weighted by Crippen LogP contribution is -2.44. The summed E-state index contributed by atoms with van der Waals surface area (Å²) in [6, 6.07) is 14.3. The van der Waals surface area contributed by atoms with Crippen molar-refractivity contribution in [2.75, 3.05) is 5.75 Å². The molecule has 0 aliphatic carbocycles. The Morgan fingerprint density at radius 1 is 1.03 bits per heavy atom. The van der Waals surface area contributed by atoms with Crippen LogP contribution in [-0.4, -0.2) is 28.8 Å². The first-order valence-electron chi connectivity index (χ1n) is 9.67. The van der Waals surface area contributed by atoms with Crippen LogP contribution in [0.1, 0.15) is 37.8 Å². The third kappa shape index (κ3) is 7.30. The predicted molar refractivity (Wildman–Crippen MR) is 115 cm³/mol. The van der Waals surface area contributed by atoms with Crippen molar-refractivity contribution in [3.63, 3.8) is 0 Å². The van der Waals surface area contributed by atoms with Crippen LogP contribution in [0.25, 0.3) is 0 Å². The second-order valence-electron chi connectivity index (χ2n) is 7.07. The van der Waals surface area contributed by atoms with Gasteiger partial charge in [0.25, 0.3) is 0 Å². The first-order chi connectivity index (χ1) is 14.3. The van der Waals surface area contributed by atoms with Gasteiger partial charge in [-0.15, -0.1) is 0 Å². The average molecular weight is 432 g/mol. The van der Waals surface area contributed by atoms with Crippen LogP contribution in [0.2, 0.25) is 0 Å². The molecule has 1 N–H and O–H groups in total. The van der Waals surface area contributed by atoms with Gasteiger partial charge in [-0.2, -0.15) is 0 Å². The van der Waals surface area contributed by atoms with Gasteiger partial charge in [0.2, 0.25) is 5.91 Å². The quantitative estimate of drug-likeness (QED) is 0.606. The summed E-state index contributed by atoms with van der Waals surface area (Å²) >= 11 is 1.05. The van der Waals surface area contributed by atoms with Crippen molar-refractivity contribution in [2.24, 2.45) is 5.92 Å². The highest BCUT2D eigenvalue weighted by molar-refractivity contribution is 8.13. The average Bonchev–Trinajstić information content (AvgIpc) is 2.73. The van der Waals surface area contributed by atoms with Crippen LogP contribution < -0.4 is 5.32 Å². The highest BCUT2D eigenvalue weighted by Crippen LogP contribution is 2.28. The fraction of sp³-hybridized carbons (Fsp3) is 0.348. The number of hydrogen-bond acceptors (Lipinski definition) is 5. The third-order valence-electron chi connectivity index (χ3n) is 4.74. The van der Waals surface area contributed by atoms with E-state index in [2.05, 4.69) is 5.32 Å². The molecule has 0 aliphatic rings. The minimum Gasteiger partial charge on any atom is -0.459 e. The molecule has 2 rings (SSSR count). The van der Waals surface area contributed by atoms with E-state index in [0.717, 1.165) is 22.9 Å². The van der Waals surface area contributed by atoms with E-state index >= 15 is 0 Å². The molecule has 3 unspecified atom stereocenters. The lowest BCUT2D eigenvalue weighted by molar-refractivity contribution is -0.149. The van der Waals surface area contributed by atoms with E-state index in [-0.39, 0.29) is 35.1 Å². The van der Waals surface area contributed by atoms with Gasteiger partial charge in [0, 0.05) is 12.7 Å². The number of hydrogen-bond donors (Lipinski definition) is 1. The Morgan fingerprint density at radius 2 is 1.67 bits per heavy atom. The van der Waals surface area contributed by atoms with Crippen molar-refractivity contribution in [1.29, 1.82) is 0 Å². The molecule has 0 fully saturated rings. The molecule has 2 aromatic carbocycles. The van der Waals surface area contributed by atoms with Crippen molar-refractivity contribution < 1.29 is 23.5 Å². The molecule has 7 heteroatoms. The number of nitrogens with one attached hydrogen (secondary N) is 1. The fourth-order valence-corrected chi connectivity index (χ4v) is 3.74. The zero-order chi connectivity index (χ0) is 22.1. The number of amides is 1. The van der Waals surface area contributed by atoms with Crippen LogP contribution in [0.4, 0.5) is 4.39 Å². The summed E-state index contributed by atoms with van der Waals surface area (Å²) in [4.78, 5) is 36.6. The van der Waals surface area contributed by atoms with Crippen LogP contribution >= 0.6 is 11.8 Å². The van der Waals surface area contributed by atoms with Crippen molar-refractivity contribution >= 4 is 28.8 Å². The van der Waals surface area contributed by atoms with Crippen molar-refractivity contribution in [3.05, 3.63) is 71.5 Å². The topological polar surface area (TPSA) is 72.5 Å². The summed E-state index contributed by atoms with van der Waals surface area (Å²) in [6.45, 7) is 4.96. The van der Waals surface area contributed by atoms with Gasteiger partial charge in [0.15, 0.2) is 5.12 Å². The molecule has 0 radical (unpaired) electrons. The number of carbonyl (C=O) groups is 3. The molecule has 0 saturated carbocycles. The second-order valence-corrected chi connectivity index (χ2v) is 8.27. The number of benzene rings is 2. The van der Waals surface area contributed by atoms with E-state index in [9.17, 15) is 18.8 Å². The lowest BCUT2D eigenvalue weighted by Gasteiger charge is -2.24. The molecule has 0 saturated heterocycles. The van der Waals surface area contributed by atoms with Crippen LogP contribution in [0, 0.1) is 11.7 Å². The molecule has 0 heterocycles. The molecule has 0 aliphatic heterocycles.